The lowest BCUT2D eigenvalue weighted by molar-refractivity contribution is -0.140. The second-order valence-electron chi connectivity index (χ2n) is 10.1. The molecule has 0 aromatic heterocycles. The summed E-state index contributed by atoms with van der Waals surface area (Å²) in [6, 6.07) is 17.1. The van der Waals surface area contributed by atoms with Crippen LogP contribution in [0.4, 0.5) is 5.69 Å². The van der Waals surface area contributed by atoms with Crippen LogP contribution in [0.2, 0.25) is 5.02 Å². The Labute approximate surface area is 253 Å². The molecule has 9 nitrogen and oxygen atoms in total. The monoisotopic (exact) mass is 615 g/mol. The van der Waals surface area contributed by atoms with E-state index in [-0.39, 0.29) is 29.1 Å². The van der Waals surface area contributed by atoms with Crippen molar-refractivity contribution in [1.29, 1.82) is 0 Å². The minimum atomic E-state index is -4.27. The van der Waals surface area contributed by atoms with Crippen molar-refractivity contribution in [1.82, 2.24) is 10.2 Å². The van der Waals surface area contributed by atoms with Crippen molar-refractivity contribution >= 4 is 39.1 Å². The highest BCUT2D eigenvalue weighted by molar-refractivity contribution is 7.92. The molecule has 0 heterocycles. The Morgan fingerprint density at radius 2 is 1.55 bits per heavy atom. The van der Waals surface area contributed by atoms with Gasteiger partial charge in [-0.15, -0.1) is 0 Å². The van der Waals surface area contributed by atoms with Gasteiger partial charge in [-0.2, -0.15) is 0 Å². The van der Waals surface area contributed by atoms with Crippen LogP contribution >= 0.6 is 11.6 Å². The van der Waals surface area contributed by atoms with E-state index in [1.165, 1.54) is 37.3 Å². The number of amides is 2. The van der Waals surface area contributed by atoms with Gasteiger partial charge in [0, 0.05) is 23.7 Å². The third kappa shape index (κ3) is 7.95. The van der Waals surface area contributed by atoms with Gasteiger partial charge in [0.1, 0.15) is 12.6 Å². The predicted octanol–water partition coefficient (Wildman–Crippen LogP) is 5.19. The summed E-state index contributed by atoms with van der Waals surface area (Å²) >= 11 is 6.07. The number of rotatable bonds is 13. The van der Waals surface area contributed by atoms with Gasteiger partial charge in [0.2, 0.25) is 11.8 Å². The Kier molecular flexibility index (Phi) is 11.2. The van der Waals surface area contributed by atoms with E-state index in [4.69, 9.17) is 21.1 Å². The molecule has 1 N–H and O–H groups in total. The molecule has 0 fully saturated rings. The number of anilines is 1. The van der Waals surface area contributed by atoms with Crippen molar-refractivity contribution in [2.24, 2.45) is 0 Å². The quantitative estimate of drug-likeness (QED) is 0.284. The van der Waals surface area contributed by atoms with Gasteiger partial charge in [-0.3, -0.25) is 13.9 Å². The van der Waals surface area contributed by atoms with Crippen LogP contribution in [-0.2, 0) is 26.2 Å². The van der Waals surface area contributed by atoms with Crippen molar-refractivity contribution in [3.05, 3.63) is 82.9 Å². The summed E-state index contributed by atoms with van der Waals surface area (Å²) in [7, 11) is -1.40. The first kappa shape index (κ1) is 32.8. The molecule has 0 saturated heterocycles. The molecule has 2 amide bonds. The smallest absolute Gasteiger partial charge is 0.264 e. The number of aryl methyl sites for hydroxylation is 1. The fourth-order valence-corrected chi connectivity index (χ4v) is 5.99. The van der Waals surface area contributed by atoms with Gasteiger partial charge in [-0.25, -0.2) is 8.42 Å². The second-order valence-corrected chi connectivity index (χ2v) is 12.4. The molecular formula is C31H38ClN3O6S. The lowest BCUT2D eigenvalue weighted by Crippen LogP contribution is -2.53. The number of carbonyl (C=O) groups is 2. The molecule has 0 spiro atoms. The van der Waals surface area contributed by atoms with E-state index in [0.29, 0.717) is 22.9 Å². The van der Waals surface area contributed by atoms with Gasteiger partial charge < -0.3 is 19.7 Å². The lowest BCUT2D eigenvalue weighted by atomic mass is 10.1. The fourth-order valence-electron chi connectivity index (χ4n) is 4.43. The van der Waals surface area contributed by atoms with E-state index in [1.807, 2.05) is 27.7 Å². The van der Waals surface area contributed by atoms with Crippen molar-refractivity contribution in [3.8, 4) is 11.5 Å². The van der Waals surface area contributed by atoms with Crippen LogP contribution in [0.15, 0.2) is 71.6 Å². The summed E-state index contributed by atoms with van der Waals surface area (Å²) < 4.78 is 39.9. The van der Waals surface area contributed by atoms with Gasteiger partial charge in [0.15, 0.2) is 11.5 Å². The average Bonchev–Trinajstić information content (AvgIpc) is 2.96. The summed E-state index contributed by atoms with van der Waals surface area (Å²) in [5, 5.41) is 3.42. The zero-order valence-corrected chi connectivity index (χ0v) is 26.3. The highest BCUT2D eigenvalue weighted by atomic mass is 35.5. The standard InChI is InChI=1S/C31H38ClN3O6S/c1-7-27(31(37)33-21(2)3)34(19-23-10-12-24(32)13-11-23)30(36)20-35(25-14-8-22(4)9-15-25)42(38,39)26-16-17-28(40-5)29(18-26)41-6/h8-18,21,27H,7,19-20H2,1-6H3,(H,33,37)/t27-/m0/s1. The van der Waals surface area contributed by atoms with Crippen molar-refractivity contribution in [2.75, 3.05) is 25.1 Å². The molecule has 0 bridgehead atoms. The maximum absolute atomic E-state index is 14.1. The van der Waals surface area contributed by atoms with Gasteiger partial charge in [-0.05, 0) is 69.2 Å². The lowest BCUT2D eigenvalue weighted by Gasteiger charge is -2.33. The number of nitrogens with zero attached hydrogens (tertiary/aromatic N) is 2. The normalized spacial score (nSPS) is 12.0. The Balaban J connectivity index is 2.09. The maximum Gasteiger partial charge on any atom is 0.264 e. The third-order valence-electron chi connectivity index (χ3n) is 6.63. The van der Waals surface area contributed by atoms with Crippen molar-refractivity contribution < 1.29 is 27.5 Å². The van der Waals surface area contributed by atoms with Crippen LogP contribution < -0.4 is 19.1 Å². The molecule has 42 heavy (non-hydrogen) atoms. The number of halogens is 1. The summed E-state index contributed by atoms with van der Waals surface area (Å²) in [6.07, 6.45) is 0.324. The van der Waals surface area contributed by atoms with Crippen LogP contribution in [0, 0.1) is 6.92 Å². The van der Waals surface area contributed by atoms with Crippen LogP contribution in [0.1, 0.15) is 38.3 Å². The van der Waals surface area contributed by atoms with Gasteiger partial charge in [0.25, 0.3) is 10.0 Å². The zero-order valence-electron chi connectivity index (χ0n) is 24.8. The molecular weight excluding hydrogens is 578 g/mol. The SMILES string of the molecule is CC[C@@H](C(=O)NC(C)C)N(Cc1ccc(Cl)cc1)C(=O)CN(c1ccc(C)cc1)S(=O)(=O)c1ccc(OC)c(OC)c1. The summed E-state index contributed by atoms with van der Waals surface area (Å²) in [4.78, 5) is 28.7. The molecule has 3 aromatic carbocycles. The molecule has 11 heteroatoms. The fraction of sp³-hybridized carbons (Fsp3) is 0.355. The molecule has 0 aliphatic heterocycles. The number of sulfonamides is 1. The van der Waals surface area contributed by atoms with E-state index in [9.17, 15) is 18.0 Å². The highest BCUT2D eigenvalue weighted by Gasteiger charge is 2.34. The zero-order chi connectivity index (χ0) is 31.0. The van der Waals surface area contributed by atoms with E-state index in [2.05, 4.69) is 5.32 Å². The Morgan fingerprint density at radius 1 is 0.929 bits per heavy atom. The molecule has 0 aliphatic rings. The molecule has 0 unspecified atom stereocenters. The van der Waals surface area contributed by atoms with Gasteiger partial charge in [0.05, 0.1) is 24.8 Å². The van der Waals surface area contributed by atoms with E-state index in [0.717, 1.165) is 15.4 Å². The van der Waals surface area contributed by atoms with Crippen LogP contribution in [-0.4, -0.2) is 58.0 Å². The van der Waals surface area contributed by atoms with Gasteiger partial charge >= 0.3 is 0 Å². The molecule has 0 radical (unpaired) electrons. The number of hydrogen-bond acceptors (Lipinski definition) is 6. The number of methoxy groups -OCH3 is 2. The average molecular weight is 616 g/mol. The predicted molar refractivity (Wildman–Crippen MR) is 165 cm³/mol. The van der Waals surface area contributed by atoms with Crippen LogP contribution in [0.25, 0.3) is 0 Å². The minimum Gasteiger partial charge on any atom is -0.493 e. The highest BCUT2D eigenvalue weighted by Crippen LogP contribution is 2.32. The number of ether oxygens (including phenoxy) is 2. The van der Waals surface area contributed by atoms with Crippen LogP contribution in [0.5, 0.6) is 11.5 Å². The van der Waals surface area contributed by atoms with Crippen molar-refractivity contribution in [2.45, 2.75) is 57.6 Å². The third-order valence-corrected chi connectivity index (χ3v) is 8.65. The first-order chi connectivity index (χ1) is 19.9. The molecule has 1 atom stereocenters. The molecule has 3 aromatic rings. The number of carbonyl (C=O) groups excluding carboxylic acids is 2. The van der Waals surface area contributed by atoms with E-state index >= 15 is 0 Å². The number of benzene rings is 3. The Morgan fingerprint density at radius 3 is 2.10 bits per heavy atom. The molecule has 0 saturated carbocycles. The van der Waals surface area contributed by atoms with Crippen molar-refractivity contribution in [3.63, 3.8) is 0 Å². The summed E-state index contributed by atoms with van der Waals surface area (Å²) in [6.45, 7) is 6.91. The number of nitrogens with one attached hydrogen (secondary N) is 1. The first-order valence-electron chi connectivity index (χ1n) is 13.6. The van der Waals surface area contributed by atoms with E-state index < -0.39 is 28.5 Å². The summed E-state index contributed by atoms with van der Waals surface area (Å²) in [5.41, 5.74) is 1.97. The summed E-state index contributed by atoms with van der Waals surface area (Å²) in [5.74, 6) is -0.264. The number of hydrogen-bond donors (Lipinski definition) is 1. The molecule has 0 aliphatic carbocycles. The topological polar surface area (TPSA) is 105 Å². The van der Waals surface area contributed by atoms with Crippen LogP contribution in [0.3, 0.4) is 0 Å². The van der Waals surface area contributed by atoms with E-state index in [1.54, 1.807) is 48.5 Å². The van der Waals surface area contributed by atoms with Gasteiger partial charge in [-0.1, -0.05) is 48.4 Å². The first-order valence-corrected chi connectivity index (χ1v) is 15.4. The minimum absolute atomic E-state index is 0.0811. The maximum atomic E-state index is 14.1. The molecule has 226 valence electrons. The Hall–Kier alpha value is -3.76. The largest absolute Gasteiger partial charge is 0.493 e. The Bertz CT molecular complexity index is 1480. The molecule has 3 rings (SSSR count). The second kappa shape index (κ2) is 14.4.